The zero-order valence-corrected chi connectivity index (χ0v) is 14.0. The van der Waals surface area contributed by atoms with Crippen molar-refractivity contribution in [3.63, 3.8) is 0 Å². The van der Waals surface area contributed by atoms with Crippen LogP contribution in [0.4, 0.5) is 11.4 Å². The summed E-state index contributed by atoms with van der Waals surface area (Å²) in [6.45, 7) is -0.244. The standard InChI is InChI=1S/C20H21BN2O2/c22-13-21-11-18(20(25)19(24)12-21)23-16-7-3-1-5-14(16)9-10-15-6-2-4-8-17(15)23/h1-8,18-20,24-25H,9-12H2. The fraction of sp³-hybridized carbons (Fsp3) is 0.350. The normalized spacial score (nSPS) is 25.6. The first-order chi connectivity index (χ1) is 12.2. The Labute approximate surface area is 148 Å². The summed E-state index contributed by atoms with van der Waals surface area (Å²) in [6, 6.07) is 16.2. The summed E-state index contributed by atoms with van der Waals surface area (Å²) in [5, 5.41) is 30.5. The van der Waals surface area contributed by atoms with Gasteiger partial charge in [-0.05, 0) is 48.7 Å². The van der Waals surface area contributed by atoms with Gasteiger partial charge in [-0.1, -0.05) is 36.4 Å². The van der Waals surface area contributed by atoms with Gasteiger partial charge in [0.05, 0.1) is 18.2 Å². The van der Waals surface area contributed by atoms with Gasteiger partial charge in [0.1, 0.15) is 0 Å². The molecular formula is C20H21BN2O2. The predicted octanol–water partition coefficient (Wildman–Crippen LogP) is 2.58. The minimum atomic E-state index is -0.871. The van der Waals surface area contributed by atoms with E-state index >= 15 is 0 Å². The molecule has 2 aromatic rings. The molecule has 1 saturated heterocycles. The van der Waals surface area contributed by atoms with E-state index in [0.717, 1.165) is 24.2 Å². The number of fused-ring (bicyclic) bond motifs is 2. The molecule has 0 radical (unpaired) electrons. The Hall–Kier alpha value is -2.29. The first kappa shape index (κ1) is 16.2. The minimum absolute atomic E-state index is 0.244. The van der Waals surface area contributed by atoms with E-state index in [-0.39, 0.29) is 12.8 Å². The molecule has 0 aliphatic carbocycles. The number of anilines is 2. The van der Waals surface area contributed by atoms with E-state index < -0.39 is 12.2 Å². The van der Waals surface area contributed by atoms with Gasteiger partial charge in [0, 0.05) is 17.3 Å². The second-order valence-corrected chi connectivity index (χ2v) is 7.05. The van der Waals surface area contributed by atoms with Gasteiger partial charge in [-0.2, -0.15) is 0 Å². The summed E-state index contributed by atoms with van der Waals surface area (Å²) in [5.41, 5.74) is 4.61. The van der Waals surface area contributed by atoms with Gasteiger partial charge in [-0.25, -0.2) is 5.26 Å². The maximum Gasteiger partial charge on any atom is 0.272 e. The highest BCUT2D eigenvalue weighted by molar-refractivity contribution is 6.67. The van der Waals surface area contributed by atoms with Crippen LogP contribution in [-0.2, 0) is 12.8 Å². The van der Waals surface area contributed by atoms with Crippen LogP contribution in [0.2, 0.25) is 12.6 Å². The van der Waals surface area contributed by atoms with Crippen LogP contribution in [0.1, 0.15) is 11.1 Å². The zero-order valence-electron chi connectivity index (χ0n) is 14.0. The number of hydrogen-bond acceptors (Lipinski definition) is 4. The summed E-state index contributed by atoms with van der Waals surface area (Å²) in [6.07, 6.45) is 1.03. The Morgan fingerprint density at radius 2 is 1.48 bits per heavy atom. The lowest BCUT2D eigenvalue weighted by Crippen LogP contribution is -2.53. The van der Waals surface area contributed by atoms with Gasteiger partial charge in [0.15, 0.2) is 0 Å². The Morgan fingerprint density at radius 1 is 0.920 bits per heavy atom. The highest BCUT2D eigenvalue weighted by Crippen LogP contribution is 2.41. The highest BCUT2D eigenvalue weighted by Gasteiger charge is 2.42. The molecule has 0 bridgehead atoms. The van der Waals surface area contributed by atoms with Crippen molar-refractivity contribution >= 4 is 18.1 Å². The van der Waals surface area contributed by atoms with Crippen LogP contribution in [0.15, 0.2) is 48.5 Å². The molecule has 0 aromatic heterocycles. The largest absolute Gasteiger partial charge is 0.391 e. The number of aliphatic hydroxyl groups is 2. The maximum atomic E-state index is 10.7. The lowest BCUT2D eigenvalue weighted by Gasteiger charge is -2.42. The SMILES string of the molecule is N#CB1CC(O)C(O)C(N2c3ccccc3CCc3ccccc32)C1. The average molecular weight is 332 g/mol. The number of aryl methyl sites for hydroxylation is 2. The van der Waals surface area contributed by atoms with Crippen LogP contribution in [-0.4, -0.2) is 35.2 Å². The minimum Gasteiger partial charge on any atom is -0.391 e. The molecule has 126 valence electrons. The summed E-state index contributed by atoms with van der Waals surface area (Å²) in [4.78, 5) is 2.16. The summed E-state index contributed by atoms with van der Waals surface area (Å²) in [7, 11) is 0. The summed E-state index contributed by atoms with van der Waals surface area (Å²) in [5.74, 6) is 2.29. The molecule has 2 aliphatic rings. The van der Waals surface area contributed by atoms with Crippen molar-refractivity contribution in [2.75, 3.05) is 4.90 Å². The van der Waals surface area contributed by atoms with E-state index in [4.69, 9.17) is 0 Å². The molecule has 2 N–H and O–H groups in total. The highest BCUT2D eigenvalue weighted by atomic mass is 16.3. The molecule has 25 heavy (non-hydrogen) atoms. The molecule has 2 aliphatic heterocycles. The number of aliphatic hydroxyl groups excluding tert-OH is 2. The Balaban J connectivity index is 1.86. The fourth-order valence-electron chi connectivity index (χ4n) is 4.25. The molecule has 2 aromatic carbocycles. The second kappa shape index (κ2) is 6.55. The van der Waals surface area contributed by atoms with E-state index in [2.05, 4.69) is 35.1 Å². The van der Waals surface area contributed by atoms with Crippen LogP contribution >= 0.6 is 0 Å². The predicted molar refractivity (Wildman–Crippen MR) is 99.2 cm³/mol. The van der Waals surface area contributed by atoms with E-state index in [0.29, 0.717) is 12.6 Å². The van der Waals surface area contributed by atoms with Crippen molar-refractivity contribution in [3.05, 3.63) is 59.7 Å². The topological polar surface area (TPSA) is 67.5 Å². The number of nitriles is 1. The van der Waals surface area contributed by atoms with Crippen LogP contribution in [0, 0.1) is 11.2 Å². The number of nitrogens with zero attached hydrogens (tertiary/aromatic N) is 2. The molecule has 3 atom stereocenters. The first-order valence-electron chi connectivity index (χ1n) is 8.90. The van der Waals surface area contributed by atoms with Crippen molar-refractivity contribution in [2.45, 2.75) is 43.7 Å². The first-order valence-corrected chi connectivity index (χ1v) is 8.90. The van der Waals surface area contributed by atoms with Gasteiger partial charge < -0.3 is 15.1 Å². The van der Waals surface area contributed by atoms with Gasteiger partial charge >= 0.3 is 0 Å². The summed E-state index contributed by atoms with van der Waals surface area (Å²) >= 11 is 0. The van der Waals surface area contributed by atoms with Crippen molar-refractivity contribution < 1.29 is 10.2 Å². The molecule has 5 heteroatoms. The molecule has 2 heterocycles. The lowest BCUT2D eigenvalue weighted by atomic mass is 9.40. The zero-order chi connectivity index (χ0) is 17.4. The van der Waals surface area contributed by atoms with Crippen LogP contribution in [0.3, 0.4) is 0 Å². The number of para-hydroxylation sites is 2. The van der Waals surface area contributed by atoms with Crippen LogP contribution in [0.25, 0.3) is 0 Å². The molecule has 4 rings (SSSR count). The molecule has 0 spiro atoms. The van der Waals surface area contributed by atoms with Crippen molar-refractivity contribution in [1.82, 2.24) is 0 Å². The molecule has 1 fully saturated rings. The fourth-order valence-corrected chi connectivity index (χ4v) is 4.25. The molecule has 3 unspecified atom stereocenters. The van der Waals surface area contributed by atoms with E-state index in [1.54, 1.807) is 0 Å². The smallest absolute Gasteiger partial charge is 0.272 e. The molecular weight excluding hydrogens is 311 g/mol. The molecule has 4 nitrogen and oxygen atoms in total. The quantitative estimate of drug-likeness (QED) is 0.788. The summed E-state index contributed by atoms with van der Waals surface area (Å²) < 4.78 is 0. The van der Waals surface area contributed by atoms with Gasteiger partial charge in [0.25, 0.3) is 6.71 Å². The Kier molecular flexibility index (Phi) is 4.24. The van der Waals surface area contributed by atoms with Crippen molar-refractivity contribution in [1.29, 1.82) is 5.26 Å². The number of rotatable bonds is 1. The average Bonchev–Trinajstić information content (AvgIpc) is 2.81. The Morgan fingerprint density at radius 3 is 2.04 bits per heavy atom. The Bertz CT molecular complexity index is 772. The van der Waals surface area contributed by atoms with E-state index in [1.807, 2.05) is 24.3 Å². The maximum absolute atomic E-state index is 10.7. The third-order valence-electron chi connectivity index (χ3n) is 5.52. The second-order valence-electron chi connectivity index (χ2n) is 7.05. The van der Waals surface area contributed by atoms with Crippen molar-refractivity contribution in [2.24, 2.45) is 0 Å². The monoisotopic (exact) mass is 332 g/mol. The number of benzene rings is 2. The molecule has 0 saturated carbocycles. The van der Waals surface area contributed by atoms with Crippen LogP contribution < -0.4 is 4.90 Å². The third kappa shape index (κ3) is 2.82. The van der Waals surface area contributed by atoms with Gasteiger partial charge in [-0.15, -0.1) is 0 Å². The lowest BCUT2D eigenvalue weighted by molar-refractivity contribution is 0.0130. The molecule has 0 amide bonds. The van der Waals surface area contributed by atoms with Gasteiger partial charge in [-0.3, -0.25) is 0 Å². The van der Waals surface area contributed by atoms with Gasteiger partial charge in [0.2, 0.25) is 0 Å². The van der Waals surface area contributed by atoms with E-state index in [1.165, 1.54) is 11.1 Å². The third-order valence-corrected chi connectivity index (χ3v) is 5.52. The number of hydrogen-bond donors (Lipinski definition) is 2. The van der Waals surface area contributed by atoms with Crippen molar-refractivity contribution in [3.8, 4) is 5.97 Å². The van der Waals surface area contributed by atoms with Crippen LogP contribution in [0.5, 0.6) is 0 Å². The van der Waals surface area contributed by atoms with E-state index in [9.17, 15) is 15.5 Å².